The predicted molar refractivity (Wildman–Crippen MR) is 19.7 cm³/mol. The van der Waals surface area contributed by atoms with E-state index in [-0.39, 0.29) is 0 Å². The van der Waals surface area contributed by atoms with Crippen LogP contribution >= 0.6 is 0 Å². The van der Waals surface area contributed by atoms with E-state index in [1.54, 1.807) is 0 Å². The van der Waals surface area contributed by atoms with Crippen LogP contribution < -0.4 is 0 Å². The fourth-order valence-corrected chi connectivity index (χ4v) is 0.469. The minimum Gasteiger partial charge on any atom is -0.750 e. The molecule has 0 spiro atoms. The van der Waals surface area contributed by atoms with E-state index in [1.807, 2.05) is 0 Å². The van der Waals surface area contributed by atoms with Gasteiger partial charge in [0.1, 0.15) is 6.61 Å². The zero-order valence-electron chi connectivity index (χ0n) is 3.33. The van der Waals surface area contributed by atoms with E-state index < -0.39 is 17.7 Å². The first-order valence-electron chi connectivity index (χ1n) is 1.67. The third kappa shape index (κ3) is 1.98. The highest BCUT2D eigenvalue weighted by Gasteiger charge is 2.23. The molecule has 42 valence electrons. The van der Waals surface area contributed by atoms with Crippen molar-refractivity contribution in [1.29, 1.82) is 0 Å². The first-order valence-corrected chi connectivity index (χ1v) is 2.67. The van der Waals surface area contributed by atoms with Gasteiger partial charge in [-0.15, -0.1) is 0 Å². The Morgan fingerprint density at radius 3 is 2.71 bits per heavy atom. The predicted octanol–water partition coefficient (Wildman–Crippen LogP) is -0.847. The van der Waals surface area contributed by atoms with Crippen LogP contribution in [0.15, 0.2) is 0 Å². The van der Waals surface area contributed by atoms with Gasteiger partial charge in [-0.1, -0.05) is 0 Å². The molecule has 0 aromatic rings. The van der Waals surface area contributed by atoms with Crippen LogP contribution in [0.1, 0.15) is 0 Å². The Balaban J connectivity index is 2.08. The highest BCUT2D eigenvalue weighted by atomic mass is 32.2. The second kappa shape index (κ2) is 1.87. The summed E-state index contributed by atoms with van der Waals surface area (Å²) >= 11 is -2.41. The molecule has 0 N–H and O–H groups in total. The van der Waals surface area contributed by atoms with E-state index in [4.69, 9.17) is 0 Å². The summed E-state index contributed by atoms with van der Waals surface area (Å²) in [4.78, 5) is 0. The number of epoxide rings is 1. The Morgan fingerprint density at radius 2 is 2.57 bits per heavy atom. The Hall–Kier alpha value is 0.0300. The lowest BCUT2D eigenvalue weighted by Gasteiger charge is -1.98. The van der Waals surface area contributed by atoms with E-state index in [0.717, 1.165) is 0 Å². The fourth-order valence-electron chi connectivity index (χ4n) is 0.182. The normalized spacial score (nSPS) is 32.4. The van der Waals surface area contributed by atoms with Gasteiger partial charge in [-0.2, -0.15) is 0 Å². The van der Waals surface area contributed by atoms with Gasteiger partial charge in [0.2, 0.25) is 0 Å². The molecule has 0 amide bonds. The van der Waals surface area contributed by atoms with Crippen LogP contribution in [0.2, 0.25) is 0 Å². The lowest BCUT2D eigenvalue weighted by molar-refractivity contribution is 0.180. The number of rotatable bonds is 2. The average molecular weight is 123 g/mol. The van der Waals surface area contributed by atoms with Crippen molar-refractivity contribution in [3.63, 3.8) is 0 Å². The SMILES string of the molecule is O=S([O-])OC1CO1. The molecule has 0 bridgehead atoms. The first kappa shape index (κ1) is 5.17. The van der Waals surface area contributed by atoms with Crippen LogP contribution in [-0.4, -0.2) is 21.7 Å². The summed E-state index contributed by atoms with van der Waals surface area (Å²) in [5.74, 6) is 0. The molecule has 7 heavy (non-hydrogen) atoms. The fraction of sp³-hybridized carbons (Fsp3) is 1.00. The quantitative estimate of drug-likeness (QED) is 0.354. The molecule has 1 aliphatic heterocycles. The molecule has 5 heteroatoms. The summed E-state index contributed by atoms with van der Waals surface area (Å²) in [6.07, 6.45) is -0.488. The molecule has 1 saturated heterocycles. The summed E-state index contributed by atoms with van der Waals surface area (Å²) in [6, 6.07) is 0. The van der Waals surface area contributed by atoms with Crippen LogP contribution in [0.3, 0.4) is 0 Å². The zero-order chi connectivity index (χ0) is 5.28. The van der Waals surface area contributed by atoms with Gasteiger partial charge in [0.05, 0.1) is 11.4 Å². The van der Waals surface area contributed by atoms with E-state index >= 15 is 0 Å². The van der Waals surface area contributed by atoms with Crippen LogP contribution in [-0.2, 0) is 20.3 Å². The number of ether oxygens (including phenoxy) is 1. The summed E-state index contributed by atoms with van der Waals surface area (Å²) in [5.41, 5.74) is 0. The Labute approximate surface area is 42.9 Å². The van der Waals surface area contributed by atoms with Gasteiger partial charge in [-0.05, 0) is 0 Å². The highest BCUT2D eigenvalue weighted by molar-refractivity contribution is 7.74. The minimum absolute atomic E-state index is 0.397. The van der Waals surface area contributed by atoms with Crippen LogP contribution in [0.5, 0.6) is 0 Å². The van der Waals surface area contributed by atoms with Crippen molar-refractivity contribution < 1.29 is 17.7 Å². The molecule has 2 unspecified atom stereocenters. The Kier molecular flexibility index (Phi) is 1.38. The summed E-state index contributed by atoms with van der Waals surface area (Å²) in [7, 11) is 0. The molecule has 0 saturated carbocycles. The van der Waals surface area contributed by atoms with Gasteiger partial charge in [0.25, 0.3) is 0 Å². The maximum absolute atomic E-state index is 9.55. The van der Waals surface area contributed by atoms with Crippen molar-refractivity contribution in [2.45, 2.75) is 6.29 Å². The average Bonchev–Trinajstić information content (AvgIpc) is 2.17. The maximum atomic E-state index is 9.55. The number of hydrogen-bond acceptors (Lipinski definition) is 4. The molecule has 2 atom stereocenters. The smallest absolute Gasteiger partial charge is 0.195 e. The maximum Gasteiger partial charge on any atom is 0.195 e. The second-order valence-corrected chi connectivity index (χ2v) is 1.66. The highest BCUT2D eigenvalue weighted by Crippen LogP contribution is 2.10. The molecule has 0 radical (unpaired) electrons. The standard InChI is InChI=1S/C2H4O4S/c3-7(4)6-2-1-5-2/h2H,1H2,(H,3,4)/p-1. The molecule has 1 rings (SSSR count). The van der Waals surface area contributed by atoms with Crippen molar-refractivity contribution in [3.8, 4) is 0 Å². The van der Waals surface area contributed by atoms with Crippen molar-refractivity contribution in [1.82, 2.24) is 0 Å². The van der Waals surface area contributed by atoms with Crippen LogP contribution in [0.25, 0.3) is 0 Å². The number of hydrogen-bond donors (Lipinski definition) is 0. The van der Waals surface area contributed by atoms with Gasteiger partial charge in [-0.25, -0.2) is 4.21 Å². The van der Waals surface area contributed by atoms with Crippen LogP contribution in [0.4, 0.5) is 0 Å². The second-order valence-electron chi connectivity index (χ2n) is 1.06. The molecule has 4 nitrogen and oxygen atoms in total. The van der Waals surface area contributed by atoms with Crippen molar-refractivity contribution in [3.05, 3.63) is 0 Å². The molecule has 0 aliphatic carbocycles. The van der Waals surface area contributed by atoms with Crippen molar-refractivity contribution >= 4 is 11.4 Å². The third-order valence-corrected chi connectivity index (χ3v) is 0.860. The molecule has 1 fully saturated rings. The summed E-state index contributed by atoms with van der Waals surface area (Å²) < 4.78 is 27.6. The lowest BCUT2D eigenvalue weighted by Crippen LogP contribution is -1.97. The molecular formula is C2H3O4S-. The molecular weight excluding hydrogens is 120 g/mol. The van der Waals surface area contributed by atoms with Gasteiger partial charge in [0, 0.05) is 0 Å². The van der Waals surface area contributed by atoms with Crippen molar-refractivity contribution in [2.24, 2.45) is 0 Å². The van der Waals surface area contributed by atoms with Crippen molar-refractivity contribution in [2.75, 3.05) is 6.61 Å². The van der Waals surface area contributed by atoms with Gasteiger partial charge in [-0.3, -0.25) is 4.18 Å². The molecule has 1 aliphatic rings. The molecule has 1 heterocycles. The topological polar surface area (TPSA) is 61.9 Å². The lowest BCUT2D eigenvalue weighted by atomic mass is 10.9. The first-order chi connectivity index (χ1) is 3.29. The van der Waals surface area contributed by atoms with E-state index in [2.05, 4.69) is 8.92 Å². The monoisotopic (exact) mass is 123 g/mol. The summed E-state index contributed by atoms with van der Waals surface area (Å²) in [5, 5.41) is 0. The largest absolute Gasteiger partial charge is 0.750 e. The Bertz CT molecular complexity index is 87.7. The van der Waals surface area contributed by atoms with E-state index in [1.165, 1.54) is 0 Å². The van der Waals surface area contributed by atoms with Gasteiger partial charge < -0.3 is 9.29 Å². The minimum atomic E-state index is -2.41. The van der Waals surface area contributed by atoms with Gasteiger partial charge in [0.15, 0.2) is 6.29 Å². The molecule has 0 aromatic heterocycles. The zero-order valence-corrected chi connectivity index (χ0v) is 4.14. The Morgan fingerprint density at radius 1 is 2.00 bits per heavy atom. The van der Waals surface area contributed by atoms with Crippen LogP contribution in [0, 0.1) is 0 Å². The van der Waals surface area contributed by atoms with Gasteiger partial charge >= 0.3 is 0 Å². The molecule has 0 aromatic carbocycles. The van der Waals surface area contributed by atoms with E-state index in [0.29, 0.717) is 6.61 Å². The van der Waals surface area contributed by atoms with E-state index in [9.17, 15) is 8.76 Å². The third-order valence-electron chi connectivity index (χ3n) is 0.489. The summed E-state index contributed by atoms with van der Waals surface area (Å²) in [6.45, 7) is 0.397.